The topological polar surface area (TPSA) is 46.5 Å². The van der Waals surface area contributed by atoms with Crippen molar-refractivity contribution in [3.8, 4) is 5.75 Å². The first-order chi connectivity index (χ1) is 7.50. The maximum Gasteiger partial charge on any atom is 0.303 e. The van der Waals surface area contributed by atoms with Crippen LogP contribution in [-0.2, 0) is 4.79 Å². The second-order valence-electron chi connectivity index (χ2n) is 3.04. The van der Waals surface area contributed by atoms with Gasteiger partial charge in [-0.1, -0.05) is 23.2 Å². The van der Waals surface area contributed by atoms with Crippen LogP contribution in [0.5, 0.6) is 5.75 Å². The second kappa shape index (κ2) is 6.33. The van der Waals surface area contributed by atoms with E-state index in [2.05, 4.69) is 15.9 Å². The fraction of sp³-hybridized carbons (Fsp3) is 0.300. The Balaban J connectivity index is 2.54. The molecule has 1 rings (SSSR count). The van der Waals surface area contributed by atoms with E-state index in [1.807, 2.05) is 0 Å². The summed E-state index contributed by atoms with van der Waals surface area (Å²) in [6, 6.07) is 3.23. The third kappa shape index (κ3) is 4.20. The molecule has 0 unspecified atom stereocenters. The van der Waals surface area contributed by atoms with Crippen LogP contribution in [0.4, 0.5) is 0 Å². The average molecular weight is 328 g/mol. The largest absolute Gasteiger partial charge is 0.492 e. The first-order valence-electron chi connectivity index (χ1n) is 4.50. The summed E-state index contributed by atoms with van der Waals surface area (Å²) in [4.78, 5) is 10.3. The van der Waals surface area contributed by atoms with E-state index in [0.717, 1.165) is 0 Å². The fourth-order valence-corrected chi connectivity index (χ4v) is 1.87. The molecule has 16 heavy (non-hydrogen) atoms. The molecule has 0 aliphatic carbocycles. The molecular formula is C10H9BrCl2O3. The van der Waals surface area contributed by atoms with Crippen LogP contribution in [0, 0.1) is 0 Å². The molecule has 0 aromatic heterocycles. The number of halogens is 3. The lowest BCUT2D eigenvalue weighted by molar-refractivity contribution is -0.137. The van der Waals surface area contributed by atoms with Crippen LogP contribution < -0.4 is 4.74 Å². The minimum atomic E-state index is -0.844. The molecule has 3 nitrogen and oxygen atoms in total. The Morgan fingerprint density at radius 2 is 2.06 bits per heavy atom. The first kappa shape index (κ1) is 13.6. The number of carboxylic acids is 1. The third-order valence-corrected chi connectivity index (χ3v) is 3.26. The van der Waals surface area contributed by atoms with E-state index in [1.54, 1.807) is 12.1 Å². The van der Waals surface area contributed by atoms with Crippen LogP contribution in [0.1, 0.15) is 12.8 Å². The number of benzene rings is 1. The monoisotopic (exact) mass is 326 g/mol. The predicted molar refractivity (Wildman–Crippen MR) is 66.5 cm³/mol. The highest BCUT2D eigenvalue weighted by Gasteiger charge is 2.07. The SMILES string of the molecule is O=C(O)CCCOc1cc(Cl)c(Br)cc1Cl. The van der Waals surface area contributed by atoms with Gasteiger partial charge in [0.1, 0.15) is 5.75 Å². The van der Waals surface area contributed by atoms with Gasteiger partial charge in [0.15, 0.2) is 0 Å². The molecule has 0 saturated carbocycles. The van der Waals surface area contributed by atoms with E-state index >= 15 is 0 Å². The summed E-state index contributed by atoms with van der Waals surface area (Å²) >= 11 is 15.0. The Morgan fingerprint density at radius 3 is 2.69 bits per heavy atom. The molecular weight excluding hydrogens is 319 g/mol. The maximum absolute atomic E-state index is 10.3. The number of hydrogen-bond donors (Lipinski definition) is 1. The molecule has 88 valence electrons. The summed E-state index contributed by atoms with van der Waals surface area (Å²) < 4.78 is 6.01. The summed E-state index contributed by atoms with van der Waals surface area (Å²) in [7, 11) is 0. The molecule has 0 radical (unpaired) electrons. The summed E-state index contributed by atoms with van der Waals surface area (Å²) in [5.74, 6) is -0.385. The molecule has 0 aliphatic heterocycles. The van der Waals surface area contributed by atoms with Gasteiger partial charge < -0.3 is 9.84 Å². The number of aliphatic carboxylic acids is 1. The highest BCUT2D eigenvalue weighted by Crippen LogP contribution is 2.34. The van der Waals surface area contributed by atoms with Gasteiger partial charge in [0.25, 0.3) is 0 Å². The molecule has 1 N–H and O–H groups in total. The van der Waals surface area contributed by atoms with E-state index in [4.69, 9.17) is 33.0 Å². The van der Waals surface area contributed by atoms with Gasteiger partial charge in [0, 0.05) is 17.0 Å². The van der Waals surface area contributed by atoms with Crippen LogP contribution in [0.2, 0.25) is 10.0 Å². The van der Waals surface area contributed by atoms with Crippen molar-refractivity contribution in [3.63, 3.8) is 0 Å². The normalized spacial score (nSPS) is 10.2. The van der Waals surface area contributed by atoms with Gasteiger partial charge in [0.05, 0.1) is 16.7 Å². The zero-order valence-electron chi connectivity index (χ0n) is 8.17. The lowest BCUT2D eigenvalue weighted by atomic mass is 10.3. The minimum Gasteiger partial charge on any atom is -0.492 e. The molecule has 0 bridgehead atoms. The first-order valence-corrected chi connectivity index (χ1v) is 6.04. The van der Waals surface area contributed by atoms with Crippen LogP contribution in [0.15, 0.2) is 16.6 Å². The van der Waals surface area contributed by atoms with E-state index in [-0.39, 0.29) is 6.42 Å². The Kier molecular flexibility index (Phi) is 5.38. The molecule has 0 fully saturated rings. The minimum absolute atomic E-state index is 0.0713. The Hall–Kier alpha value is -0.450. The van der Waals surface area contributed by atoms with Gasteiger partial charge in [-0.25, -0.2) is 0 Å². The number of rotatable bonds is 5. The highest BCUT2D eigenvalue weighted by atomic mass is 79.9. The van der Waals surface area contributed by atoms with Crippen molar-refractivity contribution >= 4 is 45.1 Å². The Bertz CT molecular complexity index is 396. The predicted octanol–water partition coefficient (Wildman–Crippen LogP) is 4.00. The summed E-state index contributed by atoms with van der Waals surface area (Å²) in [5, 5.41) is 9.37. The van der Waals surface area contributed by atoms with Crippen molar-refractivity contribution in [1.82, 2.24) is 0 Å². The van der Waals surface area contributed by atoms with Crippen LogP contribution in [-0.4, -0.2) is 17.7 Å². The molecule has 0 heterocycles. The lowest BCUT2D eigenvalue weighted by Crippen LogP contribution is -2.02. The van der Waals surface area contributed by atoms with Crippen molar-refractivity contribution in [1.29, 1.82) is 0 Å². The van der Waals surface area contributed by atoms with E-state index in [0.29, 0.717) is 33.3 Å². The zero-order chi connectivity index (χ0) is 12.1. The Labute approximate surface area is 111 Å². The number of carbonyl (C=O) groups is 1. The van der Waals surface area contributed by atoms with E-state index in [1.165, 1.54) is 0 Å². The van der Waals surface area contributed by atoms with Crippen LogP contribution in [0.3, 0.4) is 0 Å². The van der Waals surface area contributed by atoms with Gasteiger partial charge >= 0.3 is 5.97 Å². The van der Waals surface area contributed by atoms with Gasteiger partial charge in [-0.15, -0.1) is 0 Å². The van der Waals surface area contributed by atoms with Crippen LogP contribution >= 0.6 is 39.1 Å². The van der Waals surface area contributed by atoms with Crippen molar-refractivity contribution in [2.45, 2.75) is 12.8 Å². The number of ether oxygens (including phenoxy) is 1. The second-order valence-corrected chi connectivity index (χ2v) is 4.71. The van der Waals surface area contributed by atoms with Crippen molar-refractivity contribution in [2.75, 3.05) is 6.61 Å². The lowest BCUT2D eigenvalue weighted by Gasteiger charge is -2.08. The van der Waals surface area contributed by atoms with Gasteiger partial charge in [-0.05, 0) is 28.4 Å². The number of hydrogen-bond acceptors (Lipinski definition) is 2. The van der Waals surface area contributed by atoms with Gasteiger partial charge in [0.2, 0.25) is 0 Å². The molecule has 1 aromatic rings. The van der Waals surface area contributed by atoms with Crippen molar-refractivity contribution in [2.24, 2.45) is 0 Å². The summed E-state index contributed by atoms with van der Waals surface area (Å²) in [6.07, 6.45) is 0.501. The molecule has 0 saturated heterocycles. The zero-order valence-corrected chi connectivity index (χ0v) is 11.3. The standard InChI is InChI=1S/C10H9BrCl2O3/c11-6-4-8(13)9(5-7(6)12)16-3-1-2-10(14)15/h4-5H,1-3H2,(H,14,15). The van der Waals surface area contributed by atoms with Crippen molar-refractivity contribution in [3.05, 3.63) is 26.7 Å². The van der Waals surface area contributed by atoms with E-state index in [9.17, 15) is 4.79 Å². The summed E-state index contributed by atoms with van der Waals surface area (Å²) in [5.41, 5.74) is 0. The van der Waals surface area contributed by atoms with Gasteiger partial charge in [-0.2, -0.15) is 0 Å². The molecule has 0 spiro atoms. The number of carboxylic acid groups (broad SMARTS) is 1. The fourth-order valence-electron chi connectivity index (χ4n) is 1.02. The highest BCUT2D eigenvalue weighted by molar-refractivity contribution is 9.10. The van der Waals surface area contributed by atoms with Crippen molar-refractivity contribution < 1.29 is 14.6 Å². The Morgan fingerprint density at radius 1 is 1.38 bits per heavy atom. The van der Waals surface area contributed by atoms with E-state index < -0.39 is 5.97 Å². The quantitative estimate of drug-likeness (QED) is 0.656. The average Bonchev–Trinajstić information content (AvgIpc) is 2.19. The smallest absolute Gasteiger partial charge is 0.303 e. The molecule has 0 aliphatic rings. The molecule has 1 aromatic carbocycles. The van der Waals surface area contributed by atoms with Crippen LogP contribution in [0.25, 0.3) is 0 Å². The molecule has 0 atom stereocenters. The molecule has 6 heteroatoms. The molecule has 0 amide bonds. The van der Waals surface area contributed by atoms with Gasteiger partial charge in [-0.3, -0.25) is 4.79 Å². The third-order valence-electron chi connectivity index (χ3n) is 1.77. The maximum atomic E-state index is 10.3. The summed E-state index contributed by atoms with van der Waals surface area (Å²) in [6.45, 7) is 0.296.